The van der Waals surface area contributed by atoms with Crippen LogP contribution in [0.1, 0.15) is 235 Å². The monoisotopic (exact) mass is 663 g/mol. The van der Waals surface area contributed by atoms with Crippen LogP contribution in [-0.4, -0.2) is 0 Å². The molecular formula is C48H86. The minimum Gasteiger partial charge on any atom is -0.0596 e. The van der Waals surface area contributed by atoms with Crippen molar-refractivity contribution in [2.75, 3.05) is 0 Å². The Labute approximate surface area is 302 Å². The van der Waals surface area contributed by atoms with Crippen LogP contribution in [0.2, 0.25) is 0 Å². The number of fused-ring (bicyclic) bond motifs is 1. The number of hydrogen-bond donors (Lipinski definition) is 0. The lowest BCUT2D eigenvalue weighted by Crippen LogP contribution is -2.54. The zero-order valence-electron chi connectivity index (χ0n) is 34.0. The SMILES string of the molecule is CC(C)(CC(C)(CC(C)(CC(C)(C1CCCCC1)C1CCC2CCCCC2C1(C)C)C1CCCCC1)C1CCCCC1)C1CCCCC1. The quantitative estimate of drug-likeness (QED) is 0.206. The Morgan fingerprint density at radius 2 is 0.812 bits per heavy atom. The van der Waals surface area contributed by atoms with Gasteiger partial charge in [-0.25, -0.2) is 0 Å². The maximum Gasteiger partial charge on any atom is -0.0259 e. The van der Waals surface area contributed by atoms with E-state index in [1.165, 1.54) is 173 Å². The largest absolute Gasteiger partial charge is 0.0596 e. The second-order valence-corrected chi connectivity index (χ2v) is 22.3. The third-order valence-electron chi connectivity index (χ3n) is 18.3. The summed E-state index contributed by atoms with van der Waals surface area (Å²) in [4.78, 5) is 0. The molecule has 48 heavy (non-hydrogen) atoms. The first-order valence-electron chi connectivity index (χ1n) is 22.9. The van der Waals surface area contributed by atoms with Gasteiger partial charge in [0.1, 0.15) is 0 Å². The first kappa shape index (κ1) is 37.7. The number of rotatable bonds is 11. The van der Waals surface area contributed by atoms with Crippen LogP contribution in [-0.2, 0) is 0 Å². The summed E-state index contributed by atoms with van der Waals surface area (Å²) in [5.74, 6) is 6.73. The zero-order chi connectivity index (χ0) is 34.0. The molecule has 0 nitrogen and oxygen atoms in total. The predicted molar refractivity (Wildman–Crippen MR) is 210 cm³/mol. The third-order valence-corrected chi connectivity index (χ3v) is 18.3. The second kappa shape index (κ2) is 15.5. The van der Waals surface area contributed by atoms with Gasteiger partial charge in [-0.3, -0.25) is 0 Å². The highest BCUT2D eigenvalue weighted by Crippen LogP contribution is 2.67. The fraction of sp³-hybridized carbons (Fsp3) is 1.00. The predicted octanol–water partition coefficient (Wildman–Crippen LogP) is 15.8. The molecule has 0 bridgehead atoms. The van der Waals surface area contributed by atoms with Crippen molar-refractivity contribution < 1.29 is 0 Å². The van der Waals surface area contributed by atoms with Gasteiger partial charge in [0.25, 0.3) is 0 Å². The van der Waals surface area contributed by atoms with Gasteiger partial charge >= 0.3 is 0 Å². The van der Waals surface area contributed by atoms with Crippen molar-refractivity contribution in [2.45, 2.75) is 235 Å². The molecule has 0 radical (unpaired) electrons. The van der Waals surface area contributed by atoms with Crippen LogP contribution in [0.4, 0.5) is 0 Å². The van der Waals surface area contributed by atoms with E-state index in [0.717, 1.165) is 41.4 Å². The van der Waals surface area contributed by atoms with Crippen molar-refractivity contribution in [1.82, 2.24) is 0 Å². The van der Waals surface area contributed by atoms with Crippen molar-refractivity contribution in [3.8, 4) is 0 Å². The molecule has 0 spiro atoms. The summed E-state index contributed by atoms with van der Waals surface area (Å²) in [6, 6.07) is 0. The van der Waals surface area contributed by atoms with Gasteiger partial charge in [0, 0.05) is 0 Å². The lowest BCUT2D eigenvalue weighted by atomic mass is 9.43. The molecule has 0 aromatic heterocycles. The number of hydrogen-bond acceptors (Lipinski definition) is 0. The van der Waals surface area contributed by atoms with Gasteiger partial charge in [0.05, 0.1) is 0 Å². The molecular weight excluding hydrogens is 577 g/mol. The van der Waals surface area contributed by atoms with Gasteiger partial charge < -0.3 is 0 Å². The first-order chi connectivity index (χ1) is 22.9. The van der Waals surface area contributed by atoms with Crippen LogP contribution in [0.25, 0.3) is 0 Å². The molecule has 6 unspecified atom stereocenters. The maximum absolute atomic E-state index is 2.96. The van der Waals surface area contributed by atoms with Gasteiger partial charge in [-0.05, 0) is 158 Å². The van der Waals surface area contributed by atoms with E-state index in [2.05, 4.69) is 48.5 Å². The van der Waals surface area contributed by atoms with Crippen LogP contribution in [0.15, 0.2) is 0 Å². The Balaban J connectivity index is 1.38. The molecule has 0 aromatic carbocycles. The lowest BCUT2D eigenvalue weighted by molar-refractivity contribution is -0.129. The van der Waals surface area contributed by atoms with Gasteiger partial charge in [-0.15, -0.1) is 0 Å². The van der Waals surface area contributed by atoms with Crippen LogP contribution in [0.5, 0.6) is 0 Å². The smallest absolute Gasteiger partial charge is 0.0259 e. The van der Waals surface area contributed by atoms with E-state index >= 15 is 0 Å². The Morgan fingerprint density at radius 3 is 1.33 bits per heavy atom. The molecule has 278 valence electrons. The van der Waals surface area contributed by atoms with E-state index in [1.54, 1.807) is 12.8 Å². The van der Waals surface area contributed by atoms with Gasteiger partial charge in [0.2, 0.25) is 0 Å². The summed E-state index contributed by atoms with van der Waals surface area (Å²) in [6.45, 7) is 20.0. The average molecular weight is 663 g/mol. The molecule has 6 fully saturated rings. The molecule has 0 heteroatoms. The topological polar surface area (TPSA) is 0 Å². The van der Waals surface area contributed by atoms with Crippen LogP contribution < -0.4 is 0 Å². The first-order valence-corrected chi connectivity index (χ1v) is 22.9. The van der Waals surface area contributed by atoms with Gasteiger partial charge in [-0.1, -0.05) is 145 Å². The van der Waals surface area contributed by atoms with Crippen molar-refractivity contribution in [3.05, 3.63) is 0 Å². The molecule has 0 N–H and O–H groups in total. The van der Waals surface area contributed by atoms with E-state index in [-0.39, 0.29) is 0 Å². The fourth-order valence-electron chi connectivity index (χ4n) is 16.2. The lowest BCUT2D eigenvalue weighted by Gasteiger charge is -2.62. The van der Waals surface area contributed by atoms with Crippen LogP contribution in [0, 0.1) is 68.5 Å². The summed E-state index contributed by atoms with van der Waals surface area (Å²) in [7, 11) is 0. The van der Waals surface area contributed by atoms with E-state index in [9.17, 15) is 0 Å². The maximum atomic E-state index is 2.96. The highest BCUT2D eigenvalue weighted by Gasteiger charge is 2.58. The molecule has 6 rings (SSSR count). The Hall–Kier alpha value is 0. The standard InChI is InChI=1S/C48H86/c1-44(2,38-23-12-8-13-24-38)34-46(5,39-25-14-9-15-26-39)35-47(6,40-27-16-10-17-28-40)36-48(7,41-29-18-11-19-30-41)43-33-32-37-22-20-21-31-42(37)45(43,3)4/h37-43H,8-36H2,1-7H3. The summed E-state index contributed by atoms with van der Waals surface area (Å²) in [6.07, 6.45) is 44.0. The Kier molecular flexibility index (Phi) is 12.2. The van der Waals surface area contributed by atoms with Gasteiger partial charge in [-0.2, -0.15) is 0 Å². The molecule has 6 aliphatic carbocycles. The molecule has 0 aliphatic heterocycles. The second-order valence-electron chi connectivity index (χ2n) is 22.3. The van der Waals surface area contributed by atoms with Crippen LogP contribution in [0.3, 0.4) is 0 Å². The van der Waals surface area contributed by atoms with Crippen molar-refractivity contribution in [3.63, 3.8) is 0 Å². The third kappa shape index (κ3) is 7.99. The van der Waals surface area contributed by atoms with Gasteiger partial charge in [0.15, 0.2) is 0 Å². The van der Waals surface area contributed by atoms with E-state index in [4.69, 9.17) is 0 Å². The van der Waals surface area contributed by atoms with Crippen molar-refractivity contribution in [1.29, 1.82) is 0 Å². The minimum absolute atomic E-state index is 0.473. The summed E-state index contributed by atoms with van der Waals surface area (Å²) in [5, 5.41) is 0. The van der Waals surface area contributed by atoms with Crippen LogP contribution >= 0.6 is 0 Å². The normalized spacial score (nSPS) is 34.4. The Bertz CT molecular complexity index is 980. The fourth-order valence-corrected chi connectivity index (χ4v) is 16.2. The van der Waals surface area contributed by atoms with Crippen molar-refractivity contribution in [2.24, 2.45) is 68.5 Å². The molecule has 0 heterocycles. The molecule has 6 aliphatic rings. The highest BCUT2D eigenvalue weighted by atomic mass is 14.6. The Morgan fingerprint density at radius 1 is 0.396 bits per heavy atom. The van der Waals surface area contributed by atoms with E-state index in [1.807, 2.05) is 0 Å². The van der Waals surface area contributed by atoms with E-state index < -0.39 is 0 Å². The van der Waals surface area contributed by atoms with E-state index in [0.29, 0.717) is 27.1 Å². The zero-order valence-corrected chi connectivity index (χ0v) is 34.0. The molecule has 0 saturated heterocycles. The molecule has 6 saturated carbocycles. The highest BCUT2D eigenvalue weighted by molar-refractivity contribution is 5.07. The molecule has 6 atom stereocenters. The summed E-state index contributed by atoms with van der Waals surface area (Å²) in [5.41, 5.74) is 2.43. The minimum atomic E-state index is 0.473. The summed E-state index contributed by atoms with van der Waals surface area (Å²) < 4.78 is 0. The summed E-state index contributed by atoms with van der Waals surface area (Å²) >= 11 is 0. The molecule has 0 amide bonds. The average Bonchev–Trinajstić information content (AvgIpc) is 3.09. The van der Waals surface area contributed by atoms with Crippen molar-refractivity contribution >= 4 is 0 Å². The molecule has 0 aromatic rings.